The number of nitrogens with one attached hydrogen (secondary N) is 3. The first-order valence-electron chi connectivity index (χ1n) is 30.4. The van der Waals surface area contributed by atoms with Crippen molar-refractivity contribution in [2.75, 3.05) is 16.0 Å². The van der Waals surface area contributed by atoms with Gasteiger partial charge in [0.2, 0.25) is 17.8 Å². The lowest BCUT2D eigenvalue weighted by atomic mass is 9.71. The Morgan fingerprint density at radius 2 is 0.583 bits per heavy atom. The zero-order valence-electron chi connectivity index (χ0n) is 49.2. The highest BCUT2D eigenvalue weighted by atomic mass is 16.7. The minimum Gasteiger partial charge on any atom is -0.351 e. The largest absolute Gasteiger partial charge is 0.351 e. The van der Waals surface area contributed by atoms with Gasteiger partial charge in [0.25, 0.3) is 0 Å². The SMILES string of the molecule is CCCC(Nc1nc(NC(CCC)C2CC(C)(C)N(OC3CCCCC3)C(C)(C)C2)nc(NC(CCC)C2CC(C)(C)N(OC3CCCCC3)C(C)(C)C2)n1)C1CC(C)(C)N(OC2CCCCC2)C(C)(C)C1. The lowest BCUT2D eigenvalue weighted by Gasteiger charge is -2.56. The number of hydrogen-bond donors (Lipinski definition) is 3. The molecule has 6 fully saturated rings. The standard InChI is InChI=1S/C60H111N9O3/c1-16-28-49(43-37-55(4,5)67(56(6,7)38-43)70-46-31-22-19-23-32-46)61-52-64-53(62-50(29-17-2)44-39-57(8,9)68(58(10,11)40-44)71-47-33-24-20-25-34-47)66-54(65-52)63-51(30-18-3)45-41-59(12,13)69(60(14,15)42-45)72-48-35-26-21-27-36-48/h43-51H,16-42H2,1-15H3,(H3,61,62,63,64,65,66). The van der Waals surface area contributed by atoms with Crippen molar-refractivity contribution in [3.63, 3.8) is 0 Å². The van der Waals surface area contributed by atoms with Gasteiger partial charge in [0.15, 0.2) is 0 Å². The highest BCUT2D eigenvalue weighted by Gasteiger charge is 2.52. The normalized spacial score (nSPS) is 27.5. The van der Waals surface area contributed by atoms with Crippen LogP contribution in [0, 0.1) is 17.8 Å². The molecule has 0 aromatic carbocycles. The second kappa shape index (κ2) is 24.2. The van der Waals surface area contributed by atoms with Gasteiger partial charge >= 0.3 is 0 Å². The number of aromatic nitrogens is 3. The molecule has 3 saturated heterocycles. The molecule has 12 heteroatoms. The Bertz CT molecular complexity index is 1550. The van der Waals surface area contributed by atoms with Crippen LogP contribution in [0.15, 0.2) is 0 Å². The molecular weight excluding hydrogens is 895 g/mol. The van der Waals surface area contributed by atoms with Gasteiger partial charge < -0.3 is 16.0 Å². The van der Waals surface area contributed by atoms with E-state index in [1.807, 2.05) is 0 Å². The Kier molecular flexibility index (Phi) is 19.5. The maximum absolute atomic E-state index is 6.99. The van der Waals surface area contributed by atoms with Crippen LogP contribution in [-0.4, -0.2) is 99.8 Å². The molecule has 7 rings (SSSR count). The van der Waals surface area contributed by atoms with Gasteiger partial charge in [-0.2, -0.15) is 30.1 Å². The fourth-order valence-corrected chi connectivity index (χ4v) is 16.0. The third-order valence-electron chi connectivity index (χ3n) is 18.4. The molecule has 3 atom stereocenters. The van der Waals surface area contributed by atoms with Crippen LogP contribution < -0.4 is 16.0 Å². The van der Waals surface area contributed by atoms with Crippen molar-refractivity contribution in [1.82, 2.24) is 30.1 Å². The molecule has 6 aliphatic rings. The van der Waals surface area contributed by atoms with E-state index in [9.17, 15) is 0 Å². The average molecular weight is 1010 g/mol. The first kappa shape index (κ1) is 57.9. The molecule has 0 bridgehead atoms. The van der Waals surface area contributed by atoms with E-state index in [2.05, 4.69) is 135 Å². The van der Waals surface area contributed by atoms with E-state index >= 15 is 0 Å². The summed E-state index contributed by atoms with van der Waals surface area (Å²) in [6.07, 6.45) is 32.3. The third kappa shape index (κ3) is 14.6. The highest BCUT2D eigenvalue weighted by Crippen LogP contribution is 2.48. The quantitative estimate of drug-likeness (QED) is 0.109. The number of rotatable bonds is 21. The summed E-state index contributed by atoms with van der Waals surface area (Å²) in [5, 5.41) is 19.4. The highest BCUT2D eigenvalue weighted by molar-refractivity contribution is 5.44. The molecule has 3 N–H and O–H groups in total. The fraction of sp³-hybridized carbons (Fsp3) is 0.950. The van der Waals surface area contributed by atoms with Crippen LogP contribution in [0.3, 0.4) is 0 Å². The second-order valence-corrected chi connectivity index (χ2v) is 28.3. The molecule has 3 aliphatic carbocycles. The van der Waals surface area contributed by atoms with Gasteiger partial charge in [0, 0.05) is 51.4 Å². The van der Waals surface area contributed by atoms with Crippen molar-refractivity contribution < 1.29 is 14.5 Å². The minimum absolute atomic E-state index is 0.117. The molecule has 0 amide bonds. The van der Waals surface area contributed by atoms with Crippen molar-refractivity contribution in [3.05, 3.63) is 0 Å². The lowest BCUT2D eigenvalue weighted by molar-refractivity contribution is -0.314. The van der Waals surface area contributed by atoms with E-state index in [0.717, 1.165) is 77.0 Å². The van der Waals surface area contributed by atoms with Gasteiger partial charge in [-0.1, -0.05) is 97.8 Å². The predicted octanol–water partition coefficient (Wildman–Crippen LogP) is 15.2. The van der Waals surface area contributed by atoms with Crippen molar-refractivity contribution in [2.45, 2.75) is 347 Å². The minimum atomic E-state index is -0.117. The molecule has 4 heterocycles. The monoisotopic (exact) mass is 1010 g/mol. The molecule has 0 radical (unpaired) electrons. The van der Waals surface area contributed by atoms with Crippen LogP contribution in [0.1, 0.15) is 277 Å². The molecule has 3 unspecified atom stereocenters. The van der Waals surface area contributed by atoms with Gasteiger partial charge in [-0.05, 0) is 197 Å². The van der Waals surface area contributed by atoms with Gasteiger partial charge in [0.1, 0.15) is 0 Å². The molecule has 0 spiro atoms. The van der Waals surface area contributed by atoms with Crippen LogP contribution >= 0.6 is 0 Å². The van der Waals surface area contributed by atoms with E-state index in [4.69, 9.17) is 29.5 Å². The molecule has 3 saturated carbocycles. The Morgan fingerprint density at radius 1 is 0.375 bits per heavy atom. The summed E-state index contributed by atoms with van der Waals surface area (Å²) in [7, 11) is 0. The molecule has 1 aromatic rings. The topological polar surface area (TPSA) is 112 Å². The number of hydrogen-bond acceptors (Lipinski definition) is 12. The van der Waals surface area contributed by atoms with E-state index in [1.54, 1.807) is 0 Å². The first-order chi connectivity index (χ1) is 33.9. The number of hydroxylamine groups is 6. The summed E-state index contributed by atoms with van der Waals surface area (Å²) < 4.78 is 0. The van der Waals surface area contributed by atoms with Crippen molar-refractivity contribution in [1.29, 1.82) is 0 Å². The van der Waals surface area contributed by atoms with Crippen LogP contribution in [0.4, 0.5) is 17.8 Å². The fourth-order valence-electron chi connectivity index (χ4n) is 16.0. The van der Waals surface area contributed by atoms with Crippen molar-refractivity contribution in [3.8, 4) is 0 Å². The molecular formula is C60H111N9O3. The van der Waals surface area contributed by atoms with Crippen LogP contribution in [0.25, 0.3) is 0 Å². The zero-order chi connectivity index (χ0) is 52.1. The Labute approximate surface area is 441 Å². The van der Waals surface area contributed by atoms with Crippen molar-refractivity contribution in [2.24, 2.45) is 17.8 Å². The first-order valence-corrected chi connectivity index (χ1v) is 30.4. The van der Waals surface area contributed by atoms with E-state index < -0.39 is 0 Å². The summed E-state index contributed by atoms with van der Waals surface area (Å²) in [6, 6.07) is 0.615. The van der Waals surface area contributed by atoms with Gasteiger partial charge in [-0.3, -0.25) is 14.5 Å². The molecule has 414 valence electrons. The van der Waals surface area contributed by atoms with Gasteiger partial charge in [0.05, 0.1) is 18.3 Å². The molecule has 3 aliphatic heterocycles. The Hall–Kier alpha value is -1.83. The summed E-state index contributed by atoms with van der Waals surface area (Å²) in [5.74, 6) is 3.31. The van der Waals surface area contributed by atoms with Crippen molar-refractivity contribution >= 4 is 17.8 Å². The summed E-state index contributed by atoms with van der Waals surface area (Å²) in [6.45, 7) is 35.9. The zero-order valence-corrected chi connectivity index (χ0v) is 49.2. The number of anilines is 3. The van der Waals surface area contributed by atoms with Crippen LogP contribution in [0.5, 0.6) is 0 Å². The smallest absolute Gasteiger partial charge is 0.229 e. The second-order valence-electron chi connectivity index (χ2n) is 28.3. The maximum Gasteiger partial charge on any atom is 0.229 e. The molecule has 12 nitrogen and oxygen atoms in total. The van der Waals surface area contributed by atoms with Gasteiger partial charge in [-0.25, -0.2) is 0 Å². The van der Waals surface area contributed by atoms with E-state index in [0.29, 0.717) is 53.9 Å². The lowest BCUT2D eigenvalue weighted by Crippen LogP contribution is -2.63. The number of nitrogens with zero attached hydrogens (tertiary/aromatic N) is 6. The van der Waals surface area contributed by atoms with E-state index in [-0.39, 0.29) is 51.4 Å². The maximum atomic E-state index is 6.99. The van der Waals surface area contributed by atoms with Crippen LogP contribution in [0.2, 0.25) is 0 Å². The summed E-state index contributed by atoms with van der Waals surface area (Å²) in [4.78, 5) is 37.2. The molecule has 72 heavy (non-hydrogen) atoms. The number of piperidine rings is 3. The van der Waals surface area contributed by atoms with E-state index in [1.165, 1.54) is 96.3 Å². The predicted molar refractivity (Wildman–Crippen MR) is 299 cm³/mol. The van der Waals surface area contributed by atoms with Gasteiger partial charge in [-0.15, -0.1) is 0 Å². The molecule has 1 aromatic heterocycles. The average Bonchev–Trinajstić information content (AvgIpc) is 3.30. The Balaban J connectivity index is 1.18. The Morgan fingerprint density at radius 3 is 0.778 bits per heavy atom. The summed E-state index contributed by atoms with van der Waals surface area (Å²) in [5.41, 5.74) is -0.703. The summed E-state index contributed by atoms with van der Waals surface area (Å²) >= 11 is 0. The van der Waals surface area contributed by atoms with Crippen LogP contribution in [-0.2, 0) is 14.5 Å². The third-order valence-corrected chi connectivity index (χ3v) is 18.4.